The van der Waals surface area contributed by atoms with E-state index in [0.717, 1.165) is 11.1 Å². The van der Waals surface area contributed by atoms with Crippen LogP contribution in [0.2, 0.25) is 0 Å². The summed E-state index contributed by atoms with van der Waals surface area (Å²) in [5, 5.41) is 16.0. The van der Waals surface area contributed by atoms with Crippen LogP contribution in [0.4, 0.5) is 0 Å². The Hall–Kier alpha value is -2.54. The van der Waals surface area contributed by atoms with Crippen molar-refractivity contribution >= 4 is 11.3 Å². The normalized spacial score (nSPS) is 11.1. The van der Waals surface area contributed by atoms with E-state index in [9.17, 15) is 4.79 Å². The number of hydrogen-bond acceptors (Lipinski definition) is 6. The van der Waals surface area contributed by atoms with Crippen molar-refractivity contribution in [1.82, 2.24) is 20.3 Å². The minimum Gasteiger partial charge on any atom is -0.396 e. The summed E-state index contributed by atoms with van der Waals surface area (Å²) in [6, 6.07) is 7.68. The fraction of sp³-hybridized carbons (Fsp3) is 0.231. The Bertz CT molecular complexity index is 776. The molecule has 0 atom stereocenters. The average Bonchev–Trinajstić information content (AvgIpc) is 2.89. The zero-order chi connectivity index (χ0) is 13.9. The van der Waals surface area contributed by atoms with Gasteiger partial charge in [0.2, 0.25) is 11.3 Å². The van der Waals surface area contributed by atoms with Crippen LogP contribution in [0.3, 0.4) is 0 Å². The first-order valence-electron chi connectivity index (χ1n) is 6.16. The zero-order valence-electron chi connectivity index (χ0n) is 10.5. The first-order chi connectivity index (χ1) is 9.76. The highest BCUT2D eigenvalue weighted by atomic mass is 16.6. The molecule has 0 radical (unpaired) electrons. The molecule has 7 nitrogen and oxygen atoms in total. The fourth-order valence-electron chi connectivity index (χ4n) is 1.96. The molecule has 0 saturated heterocycles. The number of H-pyrrole nitrogens is 1. The van der Waals surface area contributed by atoms with Gasteiger partial charge in [0, 0.05) is 13.0 Å². The molecule has 0 aliphatic carbocycles. The number of aliphatic hydroxyl groups excluding tert-OH is 1. The molecule has 7 heteroatoms. The van der Waals surface area contributed by atoms with E-state index in [1.165, 1.54) is 0 Å². The number of aromatic amines is 1. The molecule has 0 amide bonds. The monoisotopic (exact) mass is 272 g/mol. The summed E-state index contributed by atoms with van der Waals surface area (Å²) < 4.78 is 4.51. The molecule has 2 aromatic heterocycles. The van der Waals surface area contributed by atoms with E-state index < -0.39 is 0 Å². The van der Waals surface area contributed by atoms with Crippen molar-refractivity contribution in [1.29, 1.82) is 0 Å². The molecule has 0 aliphatic heterocycles. The molecule has 102 valence electrons. The first kappa shape index (κ1) is 12.5. The zero-order valence-corrected chi connectivity index (χ0v) is 10.5. The van der Waals surface area contributed by atoms with Gasteiger partial charge in [-0.15, -0.1) is 0 Å². The van der Waals surface area contributed by atoms with Gasteiger partial charge in [-0.25, -0.2) is 9.61 Å². The van der Waals surface area contributed by atoms with E-state index in [1.54, 1.807) is 0 Å². The van der Waals surface area contributed by atoms with Gasteiger partial charge in [0.25, 0.3) is 5.56 Å². The van der Waals surface area contributed by atoms with E-state index >= 15 is 0 Å². The average molecular weight is 272 g/mol. The summed E-state index contributed by atoms with van der Waals surface area (Å²) in [5.74, 6) is 0. The second-order valence-electron chi connectivity index (χ2n) is 4.42. The van der Waals surface area contributed by atoms with Gasteiger partial charge in [-0.1, -0.05) is 24.3 Å². The number of aliphatic hydroxyl groups is 1. The van der Waals surface area contributed by atoms with E-state index in [-0.39, 0.29) is 23.5 Å². The van der Waals surface area contributed by atoms with Crippen LogP contribution in [0.15, 0.2) is 33.7 Å². The highest BCUT2D eigenvalue weighted by Crippen LogP contribution is 2.09. The second-order valence-corrected chi connectivity index (χ2v) is 4.42. The number of aromatic nitrogens is 4. The van der Waals surface area contributed by atoms with Crippen molar-refractivity contribution in [3.8, 4) is 0 Å². The number of benzene rings is 1. The molecular formula is C13H12N4O3. The molecule has 3 rings (SSSR count). The molecule has 0 spiro atoms. The van der Waals surface area contributed by atoms with Crippen LogP contribution in [0.5, 0.6) is 0 Å². The van der Waals surface area contributed by atoms with Gasteiger partial charge in [-0.3, -0.25) is 9.78 Å². The SMILES string of the molecule is O=c1[nH]c2nonc2nc1Cc1ccc(CCO)cc1. The van der Waals surface area contributed by atoms with Crippen molar-refractivity contribution < 1.29 is 9.74 Å². The van der Waals surface area contributed by atoms with Gasteiger partial charge in [0.05, 0.1) is 0 Å². The summed E-state index contributed by atoms with van der Waals surface area (Å²) in [7, 11) is 0. The number of nitrogens with zero attached hydrogens (tertiary/aromatic N) is 3. The lowest BCUT2D eigenvalue weighted by Gasteiger charge is -2.02. The Morgan fingerprint density at radius 3 is 2.65 bits per heavy atom. The minimum absolute atomic E-state index is 0.121. The van der Waals surface area contributed by atoms with Crippen LogP contribution in [-0.4, -0.2) is 32.0 Å². The lowest BCUT2D eigenvalue weighted by Crippen LogP contribution is -2.15. The van der Waals surface area contributed by atoms with Gasteiger partial charge in [0.1, 0.15) is 5.69 Å². The molecule has 0 unspecified atom stereocenters. The Morgan fingerprint density at radius 2 is 1.90 bits per heavy atom. The molecule has 0 fully saturated rings. The maximum absolute atomic E-state index is 11.8. The highest BCUT2D eigenvalue weighted by molar-refractivity contribution is 5.62. The molecule has 2 heterocycles. The van der Waals surface area contributed by atoms with Gasteiger partial charge < -0.3 is 5.11 Å². The number of fused-ring (bicyclic) bond motifs is 1. The lowest BCUT2D eigenvalue weighted by molar-refractivity contribution is 0.299. The molecule has 3 aromatic rings. The van der Waals surface area contributed by atoms with Crippen molar-refractivity contribution in [2.24, 2.45) is 0 Å². The third kappa shape index (κ3) is 2.43. The van der Waals surface area contributed by atoms with Crippen molar-refractivity contribution in [3.63, 3.8) is 0 Å². The van der Waals surface area contributed by atoms with Crippen molar-refractivity contribution in [2.45, 2.75) is 12.8 Å². The van der Waals surface area contributed by atoms with E-state index in [4.69, 9.17) is 5.11 Å². The van der Waals surface area contributed by atoms with E-state index in [2.05, 4.69) is 24.9 Å². The van der Waals surface area contributed by atoms with E-state index in [1.807, 2.05) is 24.3 Å². The van der Waals surface area contributed by atoms with Gasteiger partial charge in [-0.05, 0) is 27.9 Å². The summed E-state index contributed by atoms with van der Waals surface area (Å²) >= 11 is 0. The van der Waals surface area contributed by atoms with Crippen molar-refractivity contribution in [2.75, 3.05) is 6.61 Å². The molecule has 0 saturated carbocycles. The van der Waals surface area contributed by atoms with Crippen molar-refractivity contribution in [3.05, 3.63) is 51.4 Å². The maximum atomic E-state index is 11.8. The number of hydrogen-bond donors (Lipinski definition) is 2. The Kier molecular flexibility index (Phi) is 3.26. The first-order valence-corrected chi connectivity index (χ1v) is 6.16. The number of nitrogens with one attached hydrogen (secondary N) is 1. The quantitative estimate of drug-likeness (QED) is 0.713. The predicted molar refractivity (Wildman–Crippen MR) is 70.3 cm³/mol. The van der Waals surface area contributed by atoms with E-state index in [0.29, 0.717) is 18.5 Å². The van der Waals surface area contributed by atoms with Crippen LogP contribution >= 0.6 is 0 Å². The van der Waals surface area contributed by atoms with Crippen LogP contribution in [0.1, 0.15) is 16.8 Å². The largest absolute Gasteiger partial charge is 0.396 e. The fourth-order valence-corrected chi connectivity index (χ4v) is 1.96. The Labute approximate surface area is 113 Å². The third-order valence-electron chi connectivity index (χ3n) is 3.00. The molecular weight excluding hydrogens is 260 g/mol. The van der Waals surface area contributed by atoms with Crippen LogP contribution in [-0.2, 0) is 12.8 Å². The van der Waals surface area contributed by atoms with Gasteiger partial charge in [-0.2, -0.15) is 0 Å². The third-order valence-corrected chi connectivity index (χ3v) is 3.00. The standard InChI is InChI=1S/C13H12N4O3/c18-6-5-8-1-3-9(4-2-8)7-10-13(19)15-12-11(14-10)16-20-17-12/h1-4,18H,5-7H2,(H,15,17,19). The lowest BCUT2D eigenvalue weighted by atomic mass is 10.1. The molecule has 0 aliphatic rings. The van der Waals surface area contributed by atoms with Crippen LogP contribution < -0.4 is 5.56 Å². The summed E-state index contributed by atoms with van der Waals surface area (Å²) in [6.45, 7) is 0.121. The molecule has 2 N–H and O–H groups in total. The Balaban J connectivity index is 1.88. The van der Waals surface area contributed by atoms with Gasteiger partial charge in [0.15, 0.2) is 0 Å². The summed E-state index contributed by atoms with van der Waals surface area (Å²) in [6.07, 6.45) is 1.02. The predicted octanol–water partition coefficient (Wildman–Crippen LogP) is 0.432. The Morgan fingerprint density at radius 1 is 1.15 bits per heavy atom. The summed E-state index contributed by atoms with van der Waals surface area (Å²) in [5.41, 5.74) is 2.61. The molecule has 0 bridgehead atoms. The topological polar surface area (TPSA) is 105 Å². The number of rotatable bonds is 4. The molecule has 1 aromatic carbocycles. The van der Waals surface area contributed by atoms with Crippen LogP contribution in [0, 0.1) is 0 Å². The minimum atomic E-state index is -0.298. The maximum Gasteiger partial charge on any atom is 0.271 e. The molecule has 20 heavy (non-hydrogen) atoms. The second kappa shape index (κ2) is 5.22. The van der Waals surface area contributed by atoms with Crippen LogP contribution in [0.25, 0.3) is 11.3 Å². The smallest absolute Gasteiger partial charge is 0.271 e. The summed E-state index contributed by atoms with van der Waals surface area (Å²) in [4.78, 5) is 18.6. The van der Waals surface area contributed by atoms with Gasteiger partial charge >= 0.3 is 0 Å². The highest BCUT2D eigenvalue weighted by Gasteiger charge is 2.09.